The van der Waals surface area contributed by atoms with Gasteiger partial charge in [0.25, 0.3) is 0 Å². The van der Waals surface area contributed by atoms with Crippen molar-refractivity contribution < 1.29 is 9.13 Å². The lowest BCUT2D eigenvalue weighted by atomic mass is 9.97. The number of para-hydroxylation sites is 1. The number of benzene rings is 2. The summed E-state index contributed by atoms with van der Waals surface area (Å²) in [6.45, 7) is 1.86. The predicted molar refractivity (Wildman–Crippen MR) is 77.9 cm³/mol. The molecule has 1 unspecified atom stereocenters. The van der Waals surface area contributed by atoms with Crippen molar-refractivity contribution in [1.29, 1.82) is 0 Å². The third-order valence-electron chi connectivity index (χ3n) is 3.28. The third-order valence-corrected chi connectivity index (χ3v) is 3.28. The summed E-state index contributed by atoms with van der Waals surface area (Å²) in [5, 5.41) is 0. The number of ether oxygens (including phenoxy) is 1. The first kappa shape index (κ1) is 14.5. The van der Waals surface area contributed by atoms with Crippen LogP contribution in [0, 0.1) is 12.7 Å². The Hall–Kier alpha value is -1.91. The first-order valence-corrected chi connectivity index (χ1v) is 6.49. The van der Waals surface area contributed by atoms with Crippen LogP contribution in [0.1, 0.15) is 22.7 Å². The van der Waals surface area contributed by atoms with E-state index in [9.17, 15) is 4.39 Å². The molecule has 0 heterocycles. The van der Waals surface area contributed by atoms with Crippen molar-refractivity contribution in [2.24, 2.45) is 5.84 Å². The van der Waals surface area contributed by atoms with Crippen LogP contribution in [0.25, 0.3) is 0 Å². The Morgan fingerprint density at radius 2 is 2.00 bits per heavy atom. The second-order valence-electron chi connectivity index (χ2n) is 4.80. The maximum atomic E-state index is 13.5. The van der Waals surface area contributed by atoms with E-state index in [1.165, 1.54) is 12.1 Å². The van der Waals surface area contributed by atoms with Gasteiger partial charge in [-0.3, -0.25) is 11.3 Å². The normalized spacial score (nSPS) is 12.2. The van der Waals surface area contributed by atoms with Crippen LogP contribution in [-0.2, 0) is 6.42 Å². The Morgan fingerprint density at radius 1 is 1.25 bits per heavy atom. The maximum Gasteiger partial charge on any atom is 0.123 e. The molecule has 0 aliphatic carbocycles. The predicted octanol–water partition coefficient (Wildman–Crippen LogP) is 2.89. The summed E-state index contributed by atoms with van der Waals surface area (Å²) in [6.07, 6.45) is 0.628. The molecule has 0 aromatic heterocycles. The number of rotatable bonds is 5. The molecule has 0 aliphatic rings. The minimum Gasteiger partial charge on any atom is -0.496 e. The van der Waals surface area contributed by atoms with Crippen LogP contribution in [0.2, 0.25) is 0 Å². The third kappa shape index (κ3) is 3.35. The molecule has 106 valence electrons. The van der Waals surface area contributed by atoms with Gasteiger partial charge in [-0.1, -0.05) is 24.3 Å². The Kier molecular flexibility index (Phi) is 4.71. The van der Waals surface area contributed by atoms with Crippen LogP contribution < -0.4 is 16.0 Å². The number of aryl methyl sites for hydroxylation is 1. The van der Waals surface area contributed by atoms with Gasteiger partial charge in [0, 0.05) is 0 Å². The molecule has 1 atom stereocenters. The van der Waals surface area contributed by atoms with Gasteiger partial charge in [0.05, 0.1) is 13.2 Å². The Balaban J connectivity index is 2.28. The monoisotopic (exact) mass is 274 g/mol. The fourth-order valence-corrected chi connectivity index (χ4v) is 2.33. The lowest BCUT2D eigenvalue weighted by Crippen LogP contribution is -2.29. The van der Waals surface area contributed by atoms with Gasteiger partial charge in [0.2, 0.25) is 0 Å². The van der Waals surface area contributed by atoms with Gasteiger partial charge in [-0.25, -0.2) is 4.39 Å². The molecule has 0 fully saturated rings. The second-order valence-corrected chi connectivity index (χ2v) is 4.80. The van der Waals surface area contributed by atoms with Crippen LogP contribution in [0.15, 0.2) is 42.5 Å². The summed E-state index contributed by atoms with van der Waals surface area (Å²) in [4.78, 5) is 0. The minimum absolute atomic E-state index is 0.166. The molecule has 3 nitrogen and oxygen atoms in total. The Morgan fingerprint density at radius 3 is 2.65 bits per heavy atom. The summed E-state index contributed by atoms with van der Waals surface area (Å²) < 4.78 is 18.8. The zero-order chi connectivity index (χ0) is 14.5. The molecule has 2 aromatic rings. The average molecular weight is 274 g/mol. The molecule has 2 rings (SSSR count). The van der Waals surface area contributed by atoms with E-state index in [-0.39, 0.29) is 11.9 Å². The Labute approximate surface area is 118 Å². The largest absolute Gasteiger partial charge is 0.496 e. The molecule has 0 bridgehead atoms. The molecular formula is C16H19FN2O. The molecule has 0 amide bonds. The second kappa shape index (κ2) is 6.50. The van der Waals surface area contributed by atoms with Crippen molar-refractivity contribution >= 4 is 0 Å². The van der Waals surface area contributed by atoms with Gasteiger partial charge < -0.3 is 4.74 Å². The molecule has 0 saturated carbocycles. The lowest BCUT2D eigenvalue weighted by molar-refractivity contribution is 0.405. The average Bonchev–Trinajstić information content (AvgIpc) is 2.44. The van der Waals surface area contributed by atoms with E-state index in [1.54, 1.807) is 7.11 Å². The molecule has 4 heteroatoms. The SMILES string of the molecule is COc1ccccc1CC(NN)c1cc(C)cc(F)c1. The number of halogens is 1. The topological polar surface area (TPSA) is 47.3 Å². The molecule has 20 heavy (non-hydrogen) atoms. The number of methoxy groups -OCH3 is 1. The van der Waals surface area contributed by atoms with Crippen molar-refractivity contribution in [1.82, 2.24) is 5.43 Å². The van der Waals surface area contributed by atoms with E-state index in [0.29, 0.717) is 6.42 Å². The smallest absolute Gasteiger partial charge is 0.123 e. The van der Waals surface area contributed by atoms with Crippen molar-refractivity contribution in [3.63, 3.8) is 0 Å². The van der Waals surface area contributed by atoms with Gasteiger partial charge in [0.15, 0.2) is 0 Å². The molecule has 0 saturated heterocycles. The molecule has 0 radical (unpaired) electrons. The fourth-order valence-electron chi connectivity index (χ4n) is 2.33. The zero-order valence-electron chi connectivity index (χ0n) is 11.7. The summed E-state index contributed by atoms with van der Waals surface area (Å²) in [7, 11) is 1.63. The number of hydrazine groups is 1. The quantitative estimate of drug-likeness (QED) is 0.651. The highest BCUT2D eigenvalue weighted by Crippen LogP contribution is 2.25. The number of nitrogens with two attached hydrogens (primary N) is 1. The van der Waals surface area contributed by atoms with Crippen LogP contribution in [0.3, 0.4) is 0 Å². The first-order valence-electron chi connectivity index (χ1n) is 6.49. The Bertz CT molecular complexity index is 566. The van der Waals surface area contributed by atoms with E-state index in [0.717, 1.165) is 22.4 Å². The highest BCUT2D eigenvalue weighted by molar-refractivity contribution is 5.36. The van der Waals surface area contributed by atoms with Crippen molar-refractivity contribution in [2.75, 3.05) is 7.11 Å². The lowest BCUT2D eigenvalue weighted by Gasteiger charge is -2.18. The van der Waals surface area contributed by atoms with Crippen molar-refractivity contribution in [3.05, 3.63) is 65.0 Å². The van der Waals surface area contributed by atoms with Gasteiger partial charge >= 0.3 is 0 Å². The number of hydrogen-bond donors (Lipinski definition) is 2. The molecule has 0 aliphatic heterocycles. The van der Waals surface area contributed by atoms with Crippen LogP contribution in [-0.4, -0.2) is 7.11 Å². The van der Waals surface area contributed by atoms with Crippen molar-refractivity contribution in [2.45, 2.75) is 19.4 Å². The maximum absolute atomic E-state index is 13.5. The summed E-state index contributed by atoms with van der Waals surface area (Å²) in [5.74, 6) is 6.19. The van der Waals surface area contributed by atoms with Crippen LogP contribution >= 0.6 is 0 Å². The summed E-state index contributed by atoms with van der Waals surface area (Å²) in [6, 6.07) is 12.5. The molecule has 0 spiro atoms. The fraction of sp³-hybridized carbons (Fsp3) is 0.250. The summed E-state index contributed by atoms with van der Waals surface area (Å²) >= 11 is 0. The van der Waals surface area contributed by atoms with E-state index in [1.807, 2.05) is 37.3 Å². The molecule has 3 N–H and O–H groups in total. The van der Waals surface area contributed by atoms with E-state index in [2.05, 4.69) is 5.43 Å². The molecular weight excluding hydrogens is 255 g/mol. The number of hydrogen-bond acceptors (Lipinski definition) is 3. The highest BCUT2D eigenvalue weighted by Gasteiger charge is 2.14. The van der Waals surface area contributed by atoms with E-state index in [4.69, 9.17) is 10.6 Å². The van der Waals surface area contributed by atoms with Gasteiger partial charge in [-0.05, 0) is 48.2 Å². The zero-order valence-corrected chi connectivity index (χ0v) is 11.7. The van der Waals surface area contributed by atoms with Crippen LogP contribution in [0.4, 0.5) is 4.39 Å². The summed E-state index contributed by atoms with van der Waals surface area (Å²) in [5.41, 5.74) is 5.48. The molecule has 2 aromatic carbocycles. The number of nitrogens with one attached hydrogen (secondary N) is 1. The van der Waals surface area contributed by atoms with E-state index < -0.39 is 0 Å². The van der Waals surface area contributed by atoms with Gasteiger partial charge in [-0.15, -0.1) is 0 Å². The van der Waals surface area contributed by atoms with E-state index >= 15 is 0 Å². The van der Waals surface area contributed by atoms with Crippen LogP contribution in [0.5, 0.6) is 5.75 Å². The highest BCUT2D eigenvalue weighted by atomic mass is 19.1. The van der Waals surface area contributed by atoms with Gasteiger partial charge in [-0.2, -0.15) is 0 Å². The standard InChI is InChI=1S/C16H19FN2O/c1-11-7-13(9-14(17)8-11)15(19-18)10-12-5-3-4-6-16(12)20-2/h3-9,15,19H,10,18H2,1-2H3. The minimum atomic E-state index is -0.250. The van der Waals surface area contributed by atoms with Gasteiger partial charge in [0.1, 0.15) is 11.6 Å². The van der Waals surface area contributed by atoms with Crippen molar-refractivity contribution in [3.8, 4) is 5.75 Å². The first-order chi connectivity index (χ1) is 9.63.